The van der Waals surface area contributed by atoms with E-state index in [0.29, 0.717) is 15.8 Å². The molecule has 3 nitrogen and oxygen atoms in total. The minimum atomic E-state index is -0.804. The summed E-state index contributed by atoms with van der Waals surface area (Å²) in [5.41, 5.74) is 1.26. The fraction of sp³-hybridized carbons (Fsp3) is 0.111. The van der Waals surface area contributed by atoms with Crippen LogP contribution >= 0.6 is 15.9 Å². The van der Waals surface area contributed by atoms with Crippen LogP contribution in [0.2, 0.25) is 0 Å². The number of carbonyl (C=O) groups excluding carboxylic acids is 2. The maximum atomic E-state index is 11.2. The number of hydrogen-bond acceptors (Lipinski definition) is 3. The third-order valence-corrected chi connectivity index (χ3v) is 2.40. The Bertz CT molecular complexity index is 423. The first-order chi connectivity index (χ1) is 6.09. The van der Waals surface area contributed by atoms with E-state index in [4.69, 9.17) is 4.74 Å². The average molecular weight is 241 g/mol. The Morgan fingerprint density at radius 3 is 2.69 bits per heavy atom. The molecule has 0 bridgehead atoms. The van der Waals surface area contributed by atoms with Gasteiger partial charge in [-0.05, 0) is 40.5 Å². The summed E-state index contributed by atoms with van der Waals surface area (Å²) in [6, 6.07) is 3.44. The van der Waals surface area contributed by atoms with E-state index in [9.17, 15) is 9.59 Å². The first kappa shape index (κ1) is 8.44. The molecule has 1 aromatic carbocycles. The third-order valence-electron chi connectivity index (χ3n) is 1.81. The van der Waals surface area contributed by atoms with E-state index in [2.05, 4.69) is 15.9 Å². The molecular weight excluding hydrogens is 236 g/mol. The van der Waals surface area contributed by atoms with Gasteiger partial charge in [-0.15, -0.1) is 0 Å². The number of ether oxygens (including phenoxy) is 1. The van der Waals surface area contributed by atoms with E-state index < -0.39 is 11.8 Å². The van der Waals surface area contributed by atoms with Gasteiger partial charge in [-0.1, -0.05) is 0 Å². The van der Waals surface area contributed by atoms with Gasteiger partial charge in [-0.3, -0.25) is 4.79 Å². The fourth-order valence-corrected chi connectivity index (χ4v) is 1.91. The molecule has 0 aliphatic carbocycles. The highest BCUT2D eigenvalue weighted by atomic mass is 79.9. The van der Waals surface area contributed by atoms with E-state index >= 15 is 0 Å². The van der Waals surface area contributed by atoms with Crippen molar-refractivity contribution < 1.29 is 14.3 Å². The molecule has 0 unspecified atom stereocenters. The molecule has 0 radical (unpaired) electrons. The van der Waals surface area contributed by atoms with Crippen molar-refractivity contribution in [1.82, 2.24) is 0 Å². The van der Waals surface area contributed by atoms with Gasteiger partial charge in [0.15, 0.2) is 5.75 Å². The highest BCUT2D eigenvalue weighted by Gasteiger charge is 2.32. The van der Waals surface area contributed by atoms with E-state index in [0.717, 1.165) is 5.56 Å². The topological polar surface area (TPSA) is 43.4 Å². The molecule has 0 N–H and O–H groups in total. The van der Waals surface area contributed by atoms with Crippen molar-refractivity contribution in [2.24, 2.45) is 0 Å². The summed E-state index contributed by atoms with van der Waals surface area (Å²) in [6.45, 7) is 1.85. The van der Waals surface area contributed by atoms with Gasteiger partial charge in [-0.2, -0.15) is 0 Å². The smallest absolute Gasteiger partial charge is 0.385 e. The van der Waals surface area contributed by atoms with Crippen LogP contribution in [0, 0.1) is 6.92 Å². The zero-order chi connectivity index (χ0) is 9.59. The number of esters is 1. The van der Waals surface area contributed by atoms with E-state index in [1.54, 1.807) is 12.1 Å². The van der Waals surface area contributed by atoms with E-state index in [1.165, 1.54) is 0 Å². The Balaban J connectivity index is 2.70. The normalized spacial score (nSPS) is 14.3. The molecule has 66 valence electrons. The van der Waals surface area contributed by atoms with Gasteiger partial charge in [0.1, 0.15) is 0 Å². The van der Waals surface area contributed by atoms with Gasteiger partial charge >= 0.3 is 5.97 Å². The minimum Gasteiger partial charge on any atom is -0.419 e. The summed E-state index contributed by atoms with van der Waals surface area (Å²) in [7, 11) is 0. The second kappa shape index (κ2) is 2.67. The highest BCUT2D eigenvalue weighted by molar-refractivity contribution is 9.10. The Labute approximate surface area is 82.8 Å². The highest BCUT2D eigenvalue weighted by Crippen LogP contribution is 2.34. The predicted molar refractivity (Wildman–Crippen MR) is 48.8 cm³/mol. The van der Waals surface area contributed by atoms with Crippen LogP contribution in [0.25, 0.3) is 0 Å². The molecule has 0 spiro atoms. The van der Waals surface area contributed by atoms with Crippen molar-refractivity contribution in [3.05, 3.63) is 27.7 Å². The van der Waals surface area contributed by atoms with Crippen molar-refractivity contribution in [1.29, 1.82) is 0 Å². The van der Waals surface area contributed by atoms with Gasteiger partial charge < -0.3 is 4.74 Å². The monoisotopic (exact) mass is 240 g/mol. The van der Waals surface area contributed by atoms with E-state index in [-0.39, 0.29) is 0 Å². The van der Waals surface area contributed by atoms with Crippen LogP contribution in [0.4, 0.5) is 0 Å². The van der Waals surface area contributed by atoms with Gasteiger partial charge in [0.2, 0.25) is 0 Å². The zero-order valence-electron chi connectivity index (χ0n) is 6.76. The van der Waals surface area contributed by atoms with Crippen LogP contribution < -0.4 is 4.74 Å². The number of benzene rings is 1. The van der Waals surface area contributed by atoms with Crippen LogP contribution in [0.3, 0.4) is 0 Å². The molecule has 0 saturated heterocycles. The number of fused-ring (bicyclic) bond motifs is 1. The molecule has 1 heterocycles. The number of halogens is 1. The Morgan fingerprint density at radius 1 is 1.31 bits per heavy atom. The second-order valence-corrected chi connectivity index (χ2v) is 3.70. The van der Waals surface area contributed by atoms with Crippen molar-refractivity contribution >= 4 is 27.7 Å². The summed E-state index contributed by atoms with van der Waals surface area (Å²) in [4.78, 5) is 22.1. The van der Waals surface area contributed by atoms with Crippen LogP contribution in [-0.2, 0) is 4.79 Å². The first-order valence-electron chi connectivity index (χ1n) is 3.66. The fourth-order valence-electron chi connectivity index (χ4n) is 1.25. The largest absolute Gasteiger partial charge is 0.419 e. The molecule has 1 aromatic rings. The molecule has 2 rings (SSSR count). The van der Waals surface area contributed by atoms with Crippen LogP contribution in [0.15, 0.2) is 16.6 Å². The lowest BCUT2D eigenvalue weighted by molar-refractivity contribution is -0.128. The number of rotatable bonds is 0. The van der Waals surface area contributed by atoms with Gasteiger partial charge in [0.05, 0.1) is 10.0 Å². The quantitative estimate of drug-likeness (QED) is 0.395. The maximum absolute atomic E-state index is 11.2. The van der Waals surface area contributed by atoms with Crippen LogP contribution in [0.1, 0.15) is 15.9 Å². The van der Waals surface area contributed by atoms with Crippen molar-refractivity contribution in [2.45, 2.75) is 6.92 Å². The molecule has 1 aliphatic rings. The van der Waals surface area contributed by atoms with Crippen molar-refractivity contribution in [3.8, 4) is 5.75 Å². The number of Topliss-reactive ketones (excluding diaryl/α,β-unsaturated/α-hetero) is 1. The summed E-state index contributed by atoms with van der Waals surface area (Å²) >= 11 is 3.22. The zero-order valence-corrected chi connectivity index (χ0v) is 8.34. The molecule has 0 fully saturated rings. The SMILES string of the molecule is Cc1cc(Br)c2c(c1)C(=O)C(=O)O2. The van der Waals surface area contributed by atoms with Crippen molar-refractivity contribution in [3.63, 3.8) is 0 Å². The standard InChI is InChI=1S/C9H5BrO3/c1-4-2-5-7(11)9(12)13-8(5)6(10)3-4/h2-3H,1H3. The molecule has 0 atom stereocenters. The molecule has 1 aliphatic heterocycles. The summed E-state index contributed by atoms with van der Waals surface area (Å²) in [6.07, 6.45) is 0. The summed E-state index contributed by atoms with van der Waals surface area (Å²) in [5.74, 6) is -1.04. The van der Waals surface area contributed by atoms with Crippen LogP contribution in [0.5, 0.6) is 5.75 Å². The number of hydrogen-bond donors (Lipinski definition) is 0. The second-order valence-electron chi connectivity index (χ2n) is 2.84. The maximum Gasteiger partial charge on any atom is 0.385 e. The lowest BCUT2D eigenvalue weighted by atomic mass is 10.1. The molecule has 0 aromatic heterocycles. The number of ketones is 1. The molecule has 0 saturated carbocycles. The van der Waals surface area contributed by atoms with Crippen LogP contribution in [-0.4, -0.2) is 11.8 Å². The van der Waals surface area contributed by atoms with Gasteiger partial charge in [0, 0.05) is 0 Å². The molecule has 4 heteroatoms. The summed E-state index contributed by atoms with van der Waals surface area (Å²) < 4.78 is 5.41. The van der Waals surface area contributed by atoms with Crippen molar-refractivity contribution in [2.75, 3.05) is 0 Å². The number of aryl methyl sites for hydroxylation is 1. The molecular formula is C9H5BrO3. The number of carbonyl (C=O) groups is 2. The molecule has 0 amide bonds. The Morgan fingerprint density at radius 2 is 2.00 bits per heavy atom. The predicted octanol–water partition coefficient (Wildman–Crippen LogP) is 1.86. The Hall–Kier alpha value is -1.16. The minimum absolute atomic E-state index is 0.334. The molecule has 13 heavy (non-hydrogen) atoms. The van der Waals surface area contributed by atoms with Gasteiger partial charge in [-0.25, -0.2) is 4.79 Å². The summed E-state index contributed by atoms with van der Waals surface area (Å²) in [5, 5.41) is 0. The lowest BCUT2D eigenvalue weighted by Gasteiger charge is -2.00. The first-order valence-corrected chi connectivity index (χ1v) is 4.45. The third kappa shape index (κ3) is 1.18. The van der Waals surface area contributed by atoms with Gasteiger partial charge in [0.25, 0.3) is 5.78 Å². The Kier molecular flexibility index (Phi) is 1.73. The lowest BCUT2D eigenvalue weighted by Crippen LogP contribution is -2.10. The van der Waals surface area contributed by atoms with E-state index in [1.807, 2.05) is 6.92 Å². The average Bonchev–Trinajstić information content (AvgIpc) is 2.32.